The van der Waals surface area contributed by atoms with E-state index in [-0.39, 0.29) is 12.5 Å². The zero-order chi connectivity index (χ0) is 14.5. The second-order valence-corrected chi connectivity index (χ2v) is 4.82. The van der Waals surface area contributed by atoms with Gasteiger partial charge in [-0.3, -0.25) is 0 Å². The SMILES string of the molecule is CC(CCCC(F)(F)F)Nc1ccccc1C(C)O. The van der Waals surface area contributed by atoms with Crippen LogP contribution in [0.4, 0.5) is 18.9 Å². The first kappa shape index (κ1) is 15.8. The molecule has 1 rings (SSSR count). The summed E-state index contributed by atoms with van der Waals surface area (Å²) < 4.78 is 36.1. The molecule has 2 atom stereocenters. The molecule has 0 fully saturated rings. The number of para-hydroxylation sites is 1. The summed E-state index contributed by atoms with van der Waals surface area (Å²) in [6.07, 6.45) is -4.90. The van der Waals surface area contributed by atoms with E-state index in [1.807, 2.05) is 25.1 Å². The lowest BCUT2D eigenvalue weighted by atomic mass is 10.1. The lowest BCUT2D eigenvalue weighted by molar-refractivity contribution is -0.135. The summed E-state index contributed by atoms with van der Waals surface area (Å²) in [7, 11) is 0. The maximum atomic E-state index is 12.0. The molecule has 1 aromatic carbocycles. The normalized spacial score (nSPS) is 15.1. The summed E-state index contributed by atoms with van der Waals surface area (Å²) in [5.41, 5.74) is 1.53. The van der Waals surface area contributed by atoms with E-state index in [2.05, 4.69) is 5.32 Å². The van der Waals surface area contributed by atoms with Crippen LogP contribution in [-0.4, -0.2) is 17.3 Å². The number of hydrogen-bond donors (Lipinski definition) is 2. The van der Waals surface area contributed by atoms with Gasteiger partial charge < -0.3 is 10.4 Å². The van der Waals surface area contributed by atoms with Crippen molar-refractivity contribution >= 4 is 5.69 Å². The van der Waals surface area contributed by atoms with E-state index in [4.69, 9.17) is 0 Å². The molecule has 108 valence electrons. The molecule has 0 heterocycles. The molecule has 2 unspecified atom stereocenters. The van der Waals surface area contributed by atoms with Crippen molar-refractivity contribution in [3.8, 4) is 0 Å². The predicted octanol–water partition coefficient (Wildman–Crippen LogP) is 4.27. The number of rotatable bonds is 6. The highest BCUT2D eigenvalue weighted by Gasteiger charge is 2.26. The molecule has 0 saturated carbocycles. The van der Waals surface area contributed by atoms with Gasteiger partial charge in [0.05, 0.1) is 6.10 Å². The molecule has 0 bridgehead atoms. The minimum Gasteiger partial charge on any atom is -0.389 e. The quantitative estimate of drug-likeness (QED) is 0.812. The molecule has 0 spiro atoms. The van der Waals surface area contributed by atoms with E-state index in [1.165, 1.54) is 0 Å². The van der Waals surface area contributed by atoms with Crippen LogP contribution in [0.15, 0.2) is 24.3 Å². The Kier molecular flexibility index (Phi) is 5.66. The number of aliphatic hydroxyl groups is 1. The Hall–Kier alpha value is -1.23. The smallest absolute Gasteiger partial charge is 0.389 e. The maximum Gasteiger partial charge on any atom is 0.389 e. The molecule has 19 heavy (non-hydrogen) atoms. The molecule has 0 aliphatic carbocycles. The highest BCUT2D eigenvalue weighted by Crippen LogP contribution is 2.25. The van der Waals surface area contributed by atoms with Crippen LogP contribution in [0.5, 0.6) is 0 Å². The second kappa shape index (κ2) is 6.80. The van der Waals surface area contributed by atoms with Crippen LogP contribution in [0.3, 0.4) is 0 Å². The van der Waals surface area contributed by atoms with Gasteiger partial charge in [0, 0.05) is 23.7 Å². The highest BCUT2D eigenvalue weighted by atomic mass is 19.4. The number of anilines is 1. The van der Waals surface area contributed by atoms with Crippen molar-refractivity contribution in [3.63, 3.8) is 0 Å². The van der Waals surface area contributed by atoms with Gasteiger partial charge in [0.15, 0.2) is 0 Å². The van der Waals surface area contributed by atoms with Crippen molar-refractivity contribution in [3.05, 3.63) is 29.8 Å². The topological polar surface area (TPSA) is 32.3 Å². The first-order valence-electron chi connectivity index (χ1n) is 6.40. The van der Waals surface area contributed by atoms with Crippen molar-refractivity contribution in [2.45, 2.75) is 51.4 Å². The first-order valence-corrected chi connectivity index (χ1v) is 6.40. The van der Waals surface area contributed by atoms with E-state index in [9.17, 15) is 18.3 Å². The number of hydrogen-bond acceptors (Lipinski definition) is 2. The zero-order valence-corrected chi connectivity index (χ0v) is 11.2. The number of nitrogens with one attached hydrogen (secondary N) is 1. The van der Waals surface area contributed by atoms with Gasteiger partial charge in [-0.2, -0.15) is 13.2 Å². The van der Waals surface area contributed by atoms with Gasteiger partial charge in [0.2, 0.25) is 0 Å². The molecule has 1 aromatic rings. The molecule has 0 saturated heterocycles. The van der Waals surface area contributed by atoms with Crippen LogP contribution in [-0.2, 0) is 0 Å². The third kappa shape index (κ3) is 5.96. The average Bonchev–Trinajstić information content (AvgIpc) is 2.27. The number of halogens is 3. The summed E-state index contributed by atoms with van der Waals surface area (Å²) >= 11 is 0. The minimum atomic E-state index is -4.09. The molecule has 5 heteroatoms. The Morgan fingerprint density at radius 3 is 2.42 bits per heavy atom. The van der Waals surface area contributed by atoms with Crippen LogP contribution in [0.2, 0.25) is 0 Å². The fourth-order valence-corrected chi connectivity index (χ4v) is 1.94. The summed E-state index contributed by atoms with van der Waals surface area (Å²) in [4.78, 5) is 0. The Morgan fingerprint density at radius 2 is 1.84 bits per heavy atom. The molecule has 0 aliphatic rings. The average molecular weight is 275 g/mol. The fourth-order valence-electron chi connectivity index (χ4n) is 1.94. The van der Waals surface area contributed by atoms with Crippen LogP contribution >= 0.6 is 0 Å². The number of alkyl halides is 3. The lowest BCUT2D eigenvalue weighted by Gasteiger charge is -2.19. The van der Waals surface area contributed by atoms with Crippen LogP contribution in [0.1, 0.15) is 44.8 Å². The molecule has 0 amide bonds. The summed E-state index contributed by atoms with van der Waals surface area (Å²) in [5.74, 6) is 0. The van der Waals surface area contributed by atoms with Crippen LogP contribution in [0.25, 0.3) is 0 Å². The maximum absolute atomic E-state index is 12.0. The zero-order valence-electron chi connectivity index (χ0n) is 11.2. The summed E-state index contributed by atoms with van der Waals surface area (Å²) in [5, 5.41) is 12.8. The van der Waals surface area contributed by atoms with Gasteiger partial charge in [-0.1, -0.05) is 18.2 Å². The van der Waals surface area contributed by atoms with Crippen molar-refractivity contribution < 1.29 is 18.3 Å². The third-order valence-corrected chi connectivity index (χ3v) is 2.91. The standard InChI is InChI=1S/C14H20F3NO/c1-10(6-5-9-14(15,16)17)18-13-8-4-3-7-12(13)11(2)19/h3-4,7-8,10-11,18-19H,5-6,9H2,1-2H3. The van der Waals surface area contributed by atoms with Gasteiger partial charge in [-0.25, -0.2) is 0 Å². The Morgan fingerprint density at radius 1 is 1.21 bits per heavy atom. The molecule has 0 radical (unpaired) electrons. The third-order valence-electron chi connectivity index (χ3n) is 2.91. The van der Waals surface area contributed by atoms with Crippen molar-refractivity contribution in [2.75, 3.05) is 5.32 Å². The molecular weight excluding hydrogens is 255 g/mol. The molecule has 0 aliphatic heterocycles. The molecular formula is C14H20F3NO. The number of benzene rings is 1. The largest absolute Gasteiger partial charge is 0.389 e. The van der Waals surface area contributed by atoms with Gasteiger partial charge in [-0.15, -0.1) is 0 Å². The van der Waals surface area contributed by atoms with E-state index in [0.29, 0.717) is 6.42 Å². The Labute approximate surface area is 111 Å². The highest BCUT2D eigenvalue weighted by molar-refractivity contribution is 5.52. The Balaban J connectivity index is 2.51. The fraction of sp³-hybridized carbons (Fsp3) is 0.571. The van der Waals surface area contributed by atoms with Crippen molar-refractivity contribution in [1.82, 2.24) is 0 Å². The first-order chi connectivity index (χ1) is 8.79. The van der Waals surface area contributed by atoms with Gasteiger partial charge >= 0.3 is 6.18 Å². The van der Waals surface area contributed by atoms with Crippen LogP contribution in [0, 0.1) is 0 Å². The summed E-state index contributed by atoms with van der Waals surface area (Å²) in [6, 6.07) is 7.21. The minimum absolute atomic E-state index is 0.0674. The number of aliphatic hydroxyl groups excluding tert-OH is 1. The van der Waals surface area contributed by atoms with E-state index in [1.54, 1.807) is 13.0 Å². The monoisotopic (exact) mass is 275 g/mol. The molecule has 2 nitrogen and oxygen atoms in total. The van der Waals surface area contributed by atoms with Crippen LogP contribution < -0.4 is 5.32 Å². The second-order valence-electron chi connectivity index (χ2n) is 4.82. The predicted molar refractivity (Wildman–Crippen MR) is 70.1 cm³/mol. The van der Waals surface area contributed by atoms with E-state index < -0.39 is 18.7 Å². The molecule has 2 N–H and O–H groups in total. The lowest BCUT2D eigenvalue weighted by Crippen LogP contribution is -2.18. The van der Waals surface area contributed by atoms with E-state index in [0.717, 1.165) is 11.3 Å². The van der Waals surface area contributed by atoms with Gasteiger partial charge in [0.1, 0.15) is 0 Å². The van der Waals surface area contributed by atoms with Gasteiger partial charge in [0.25, 0.3) is 0 Å². The van der Waals surface area contributed by atoms with Gasteiger partial charge in [-0.05, 0) is 32.8 Å². The Bertz CT molecular complexity index is 391. The molecule has 0 aromatic heterocycles. The van der Waals surface area contributed by atoms with Crippen molar-refractivity contribution in [2.24, 2.45) is 0 Å². The van der Waals surface area contributed by atoms with Crippen molar-refractivity contribution in [1.29, 1.82) is 0 Å². The summed E-state index contributed by atoms with van der Waals surface area (Å²) in [6.45, 7) is 3.50. The van der Waals surface area contributed by atoms with E-state index >= 15 is 0 Å².